The molecule has 0 saturated carbocycles. The predicted octanol–water partition coefficient (Wildman–Crippen LogP) is -0.651. The second-order valence-electron chi connectivity index (χ2n) is 6.43. The fraction of sp³-hybridized carbons (Fsp3) is 0.353. The standard InChI is InChI=1S/C17H14F2O11/c1-3-4-2-5(18)12(7(19)11(4)28-16(27)6(3)14(23)24)29-17-10(22)8(20)9(21)13(30-17)15(25)26/h2,8-10,13,17,20-22H,1H3,(H,23,24)(H,25,26)/t8-,9-,10+,13-,17+/m0/s1. The Morgan fingerprint density at radius 2 is 1.73 bits per heavy atom. The third-order valence-corrected chi connectivity index (χ3v) is 4.57. The zero-order valence-electron chi connectivity index (χ0n) is 14.9. The fourth-order valence-corrected chi connectivity index (χ4v) is 3.02. The van der Waals surface area contributed by atoms with Gasteiger partial charge in [0.05, 0.1) is 0 Å². The Balaban J connectivity index is 2.09. The van der Waals surface area contributed by atoms with E-state index in [9.17, 15) is 38.5 Å². The van der Waals surface area contributed by atoms with Crippen molar-refractivity contribution >= 4 is 22.9 Å². The molecular weight excluding hydrogens is 418 g/mol. The quantitative estimate of drug-likeness (QED) is 0.387. The second-order valence-corrected chi connectivity index (χ2v) is 6.43. The number of carboxylic acid groups (broad SMARTS) is 2. The highest BCUT2D eigenvalue weighted by atomic mass is 19.1. The van der Waals surface area contributed by atoms with E-state index in [2.05, 4.69) is 4.42 Å². The van der Waals surface area contributed by atoms with Crippen LogP contribution in [0.2, 0.25) is 0 Å². The summed E-state index contributed by atoms with van der Waals surface area (Å²) in [5.74, 6) is -7.72. The van der Waals surface area contributed by atoms with E-state index in [4.69, 9.17) is 19.7 Å². The van der Waals surface area contributed by atoms with Crippen LogP contribution in [0, 0.1) is 18.6 Å². The lowest BCUT2D eigenvalue weighted by Gasteiger charge is -2.38. The zero-order valence-corrected chi connectivity index (χ0v) is 14.9. The van der Waals surface area contributed by atoms with E-state index >= 15 is 0 Å². The van der Waals surface area contributed by atoms with Crippen molar-refractivity contribution in [2.45, 2.75) is 37.6 Å². The number of aromatic carboxylic acids is 1. The minimum absolute atomic E-state index is 0.281. The van der Waals surface area contributed by atoms with Gasteiger partial charge in [0.2, 0.25) is 12.1 Å². The van der Waals surface area contributed by atoms with Gasteiger partial charge in [-0.2, -0.15) is 4.39 Å². The Morgan fingerprint density at radius 3 is 2.30 bits per heavy atom. The third kappa shape index (κ3) is 3.37. The van der Waals surface area contributed by atoms with E-state index < -0.39 is 82.2 Å². The molecule has 30 heavy (non-hydrogen) atoms. The molecule has 1 aliphatic heterocycles. The Bertz CT molecular complexity index is 1100. The number of rotatable bonds is 4. The Hall–Kier alpha value is -3.13. The lowest BCUT2D eigenvalue weighted by atomic mass is 9.99. The Morgan fingerprint density at radius 1 is 1.10 bits per heavy atom. The molecule has 2 heterocycles. The molecule has 2 aromatic rings. The average Bonchev–Trinajstić information content (AvgIpc) is 2.65. The number of hydrogen-bond acceptors (Lipinski definition) is 9. The highest BCUT2D eigenvalue weighted by Crippen LogP contribution is 2.34. The fourth-order valence-electron chi connectivity index (χ4n) is 3.02. The van der Waals surface area contributed by atoms with Crippen molar-refractivity contribution in [3.05, 3.63) is 39.2 Å². The van der Waals surface area contributed by atoms with Gasteiger partial charge in [-0.25, -0.2) is 18.8 Å². The minimum atomic E-state index is -2.13. The molecule has 5 N–H and O–H groups in total. The molecule has 0 spiro atoms. The van der Waals surface area contributed by atoms with Gasteiger partial charge in [0.25, 0.3) is 0 Å². The average molecular weight is 432 g/mol. The van der Waals surface area contributed by atoms with Gasteiger partial charge >= 0.3 is 17.6 Å². The number of aliphatic hydroxyl groups is 3. The molecule has 3 rings (SSSR count). The number of benzene rings is 1. The van der Waals surface area contributed by atoms with E-state index in [0.29, 0.717) is 6.07 Å². The zero-order chi connectivity index (χ0) is 22.5. The monoisotopic (exact) mass is 432 g/mol. The summed E-state index contributed by atoms with van der Waals surface area (Å²) < 4.78 is 43.6. The first-order valence-electron chi connectivity index (χ1n) is 8.23. The molecule has 0 unspecified atom stereocenters. The van der Waals surface area contributed by atoms with Crippen molar-refractivity contribution in [3.63, 3.8) is 0 Å². The van der Waals surface area contributed by atoms with Crippen LogP contribution in [0.1, 0.15) is 15.9 Å². The number of halogens is 2. The summed E-state index contributed by atoms with van der Waals surface area (Å²) in [4.78, 5) is 34.1. The highest BCUT2D eigenvalue weighted by Gasteiger charge is 2.48. The summed E-state index contributed by atoms with van der Waals surface area (Å²) in [5, 5.41) is 47.0. The molecule has 162 valence electrons. The highest BCUT2D eigenvalue weighted by molar-refractivity contribution is 5.95. The van der Waals surface area contributed by atoms with Crippen LogP contribution in [0.25, 0.3) is 11.0 Å². The lowest BCUT2D eigenvalue weighted by Crippen LogP contribution is -2.61. The van der Waals surface area contributed by atoms with Crippen molar-refractivity contribution in [1.29, 1.82) is 0 Å². The molecule has 0 bridgehead atoms. The van der Waals surface area contributed by atoms with Gasteiger partial charge in [0, 0.05) is 5.39 Å². The number of aliphatic hydroxyl groups excluding tert-OH is 3. The lowest BCUT2D eigenvalue weighted by molar-refractivity contribution is -0.271. The van der Waals surface area contributed by atoms with Crippen molar-refractivity contribution < 1.29 is 57.8 Å². The molecule has 11 nitrogen and oxygen atoms in total. The van der Waals surface area contributed by atoms with Crippen LogP contribution < -0.4 is 10.4 Å². The van der Waals surface area contributed by atoms with E-state index in [1.54, 1.807) is 0 Å². The van der Waals surface area contributed by atoms with Gasteiger partial charge in [-0.05, 0) is 18.6 Å². The molecule has 0 aliphatic carbocycles. The molecule has 1 saturated heterocycles. The maximum Gasteiger partial charge on any atom is 0.351 e. The van der Waals surface area contributed by atoms with Crippen molar-refractivity contribution in [1.82, 2.24) is 0 Å². The predicted molar refractivity (Wildman–Crippen MR) is 89.0 cm³/mol. The van der Waals surface area contributed by atoms with Gasteiger partial charge in [-0.15, -0.1) is 0 Å². The number of hydrogen-bond donors (Lipinski definition) is 5. The second kappa shape index (κ2) is 7.60. The molecule has 1 fully saturated rings. The summed E-state index contributed by atoms with van der Waals surface area (Å²) in [7, 11) is 0. The van der Waals surface area contributed by atoms with Gasteiger partial charge in [0.1, 0.15) is 23.9 Å². The SMILES string of the molecule is Cc1c(C(=O)O)c(=O)oc2c(F)c(O[C@@H]3O[C@H](C(=O)O)[C@@H](O)[C@H](O)[C@H]3O)c(F)cc12. The first kappa shape index (κ1) is 21.6. The Kier molecular flexibility index (Phi) is 5.47. The maximum atomic E-state index is 14.8. The van der Waals surface area contributed by atoms with E-state index in [1.807, 2.05) is 0 Å². The van der Waals surface area contributed by atoms with Gasteiger partial charge in [-0.3, -0.25) is 0 Å². The van der Waals surface area contributed by atoms with E-state index in [-0.39, 0.29) is 5.56 Å². The van der Waals surface area contributed by atoms with Gasteiger partial charge in [0.15, 0.2) is 23.3 Å². The third-order valence-electron chi connectivity index (χ3n) is 4.57. The Labute approximate surface area is 164 Å². The molecule has 1 aromatic carbocycles. The summed E-state index contributed by atoms with van der Waals surface area (Å²) in [5.41, 5.74) is -3.39. The minimum Gasteiger partial charge on any atom is -0.479 e. The van der Waals surface area contributed by atoms with Crippen LogP contribution in [-0.2, 0) is 9.53 Å². The van der Waals surface area contributed by atoms with Crippen LogP contribution in [0.3, 0.4) is 0 Å². The number of fused-ring (bicyclic) bond motifs is 1. The van der Waals surface area contributed by atoms with Crippen molar-refractivity contribution in [2.75, 3.05) is 0 Å². The molecular formula is C17H14F2O11. The molecule has 0 amide bonds. The van der Waals surface area contributed by atoms with E-state index in [0.717, 1.165) is 6.92 Å². The number of ether oxygens (including phenoxy) is 2. The number of aliphatic carboxylic acids is 1. The molecule has 0 radical (unpaired) electrons. The molecule has 1 aromatic heterocycles. The van der Waals surface area contributed by atoms with Crippen LogP contribution in [0.4, 0.5) is 8.78 Å². The van der Waals surface area contributed by atoms with Gasteiger partial charge in [-0.1, -0.05) is 0 Å². The van der Waals surface area contributed by atoms with E-state index in [1.165, 1.54) is 0 Å². The number of aryl methyl sites for hydroxylation is 1. The smallest absolute Gasteiger partial charge is 0.351 e. The summed E-state index contributed by atoms with van der Waals surface area (Å²) in [6.45, 7) is 1.13. The largest absolute Gasteiger partial charge is 0.479 e. The maximum absolute atomic E-state index is 14.8. The summed E-state index contributed by atoms with van der Waals surface area (Å²) in [6.07, 6.45) is -10.5. The molecule has 13 heteroatoms. The summed E-state index contributed by atoms with van der Waals surface area (Å²) >= 11 is 0. The van der Waals surface area contributed by atoms with Crippen LogP contribution in [0.15, 0.2) is 15.3 Å². The molecule has 1 aliphatic rings. The van der Waals surface area contributed by atoms with Crippen LogP contribution >= 0.6 is 0 Å². The number of carboxylic acids is 2. The summed E-state index contributed by atoms with van der Waals surface area (Å²) in [6, 6.07) is 0.605. The number of carbonyl (C=O) groups is 2. The van der Waals surface area contributed by atoms with Crippen molar-refractivity contribution in [2.24, 2.45) is 0 Å². The van der Waals surface area contributed by atoms with Crippen LogP contribution in [0.5, 0.6) is 5.75 Å². The topological polar surface area (TPSA) is 184 Å². The molecule has 5 atom stereocenters. The van der Waals surface area contributed by atoms with Crippen LogP contribution in [-0.4, -0.2) is 68.2 Å². The van der Waals surface area contributed by atoms with Gasteiger partial charge < -0.3 is 39.4 Å². The normalized spacial score (nSPS) is 26.5. The first-order valence-corrected chi connectivity index (χ1v) is 8.23. The van der Waals surface area contributed by atoms with Crippen molar-refractivity contribution in [3.8, 4) is 5.75 Å². The first-order chi connectivity index (χ1) is 14.0.